The lowest BCUT2D eigenvalue weighted by molar-refractivity contribution is -0.249. The number of hydrogen-bond acceptors (Lipinski definition) is 16. The molecule has 1 aliphatic carbocycles. The smallest absolute Gasteiger partial charge is 0.437 e. The van der Waals surface area contributed by atoms with Gasteiger partial charge in [-0.1, -0.05) is 123 Å². The number of benzene rings is 8. The van der Waals surface area contributed by atoms with Gasteiger partial charge in [-0.2, -0.15) is 29.0 Å². The van der Waals surface area contributed by atoms with Crippen molar-refractivity contribution in [1.29, 1.82) is 15.8 Å². The lowest BCUT2D eigenvalue weighted by Crippen LogP contribution is -2.43. The number of hydrogen-bond donors (Lipinski definition) is 0. The summed E-state index contributed by atoms with van der Waals surface area (Å²) in [5.74, 6) is -29.8. The fraction of sp³-hybridized carbons (Fsp3) is 0.183. The number of anilines is 1. The van der Waals surface area contributed by atoms with Crippen LogP contribution in [0.4, 0.5) is 62.8 Å². The van der Waals surface area contributed by atoms with Gasteiger partial charge in [-0.15, -0.1) is 0 Å². The van der Waals surface area contributed by atoms with Crippen molar-refractivity contribution >= 4 is 35.6 Å². The number of ether oxygens (including phenoxy) is 8. The monoisotopic (exact) mass is 1540 g/mol. The van der Waals surface area contributed by atoms with E-state index >= 15 is 13.2 Å². The lowest BCUT2D eigenvalue weighted by atomic mass is 9.74. The number of halogens is 13. The van der Waals surface area contributed by atoms with Crippen LogP contribution in [-0.2, 0) is 37.8 Å². The molecule has 0 saturated carbocycles. The molecule has 1 unspecified atom stereocenters. The van der Waals surface area contributed by atoms with Crippen LogP contribution in [0.5, 0.6) is 23.0 Å². The molecule has 0 saturated heterocycles. The van der Waals surface area contributed by atoms with Gasteiger partial charge in [-0.05, 0) is 103 Å². The van der Waals surface area contributed by atoms with Gasteiger partial charge in [0.2, 0.25) is 11.6 Å². The van der Waals surface area contributed by atoms with Gasteiger partial charge in [0.05, 0.1) is 39.9 Å². The molecule has 16 nitrogen and oxygen atoms in total. The molecule has 0 aromatic heterocycles. The molecular formula is C82H57F13N4O12. The molecule has 1 atom stereocenters. The van der Waals surface area contributed by atoms with Gasteiger partial charge in [0.1, 0.15) is 85.6 Å². The molecule has 0 amide bonds. The third kappa shape index (κ3) is 18.1. The summed E-state index contributed by atoms with van der Waals surface area (Å²) in [6.07, 6.45) is 1.85. The fourth-order valence-corrected chi connectivity index (χ4v) is 11.8. The second-order valence-electron chi connectivity index (χ2n) is 25.1. The third-order valence-corrected chi connectivity index (χ3v) is 17.1. The highest BCUT2D eigenvalue weighted by molar-refractivity contribution is 5.95. The summed E-state index contributed by atoms with van der Waals surface area (Å²) in [6.45, 7) is 1.85. The molecule has 111 heavy (non-hydrogen) atoms. The van der Waals surface area contributed by atoms with Gasteiger partial charge < -0.3 is 42.8 Å². The predicted molar refractivity (Wildman–Crippen MR) is 370 cm³/mol. The Hall–Kier alpha value is -13.4. The second-order valence-corrected chi connectivity index (χ2v) is 25.1. The van der Waals surface area contributed by atoms with Crippen molar-refractivity contribution in [3.05, 3.63) is 318 Å². The summed E-state index contributed by atoms with van der Waals surface area (Å²) in [5.41, 5.74) is -8.50. The Morgan fingerprint density at radius 2 is 0.982 bits per heavy atom. The summed E-state index contributed by atoms with van der Waals surface area (Å²) in [6, 6.07) is 40.0. The molecular weight excluding hydrogens is 1480 g/mol. The highest BCUT2D eigenvalue weighted by Gasteiger charge is 2.65. The van der Waals surface area contributed by atoms with Gasteiger partial charge in [0, 0.05) is 35.5 Å². The molecule has 1 aliphatic heterocycles. The van der Waals surface area contributed by atoms with Crippen molar-refractivity contribution in [2.75, 3.05) is 37.8 Å². The highest BCUT2D eigenvalue weighted by Crippen LogP contribution is 2.56. The Bertz CT molecular complexity index is 5040. The normalized spacial score (nSPS) is 15.0. The summed E-state index contributed by atoms with van der Waals surface area (Å²) in [5, 5.41) is 30.1. The standard InChI is InChI=1S/C82H57F13N4O12/c1-4-99(29-30-105-76(100)52-35-58(109-78(102)47-15-8-5-9-16-47)38-59(36-52)110-79(103)48-17-10-6-11-18-48)55-27-24-46(25-28-55)23-26-50-40-80(2,3)39-49(19-14-22-63-60(43-98)75(53(41-96)42-97)111-81(63,82(93,94)95)54-20-12-7-13-21-54)74(50)104-31-32-106-77(101)51-33-56(107-44-61-64(83)68(87)72(91)69(88)65(61)84)37-57(34-51)108-45-62-66(85)70(89)73(92)71(90)67(62)86/h5-28,33-38H,4,29-32,39-40,44-45H2,1-3H3/b22-14+,26-23+,49-19+. The first-order valence-electron chi connectivity index (χ1n) is 33.2. The van der Waals surface area contributed by atoms with Crippen LogP contribution in [0, 0.1) is 97.6 Å². The Labute approximate surface area is 624 Å². The van der Waals surface area contributed by atoms with Crippen molar-refractivity contribution in [3.63, 3.8) is 0 Å². The summed E-state index contributed by atoms with van der Waals surface area (Å²) >= 11 is 0. The highest BCUT2D eigenvalue weighted by atomic mass is 19.4. The number of nitrogens with zero attached hydrogens (tertiary/aromatic N) is 4. The molecule has 2 aliphatic rings. The number of esters is 4. The molecule has 0 N–H and O–H groups in total. The van der Waals surface area contributed by atoms with Crippen molar-refractivity contribution < 1.29 is 114 Å². The van der Waals surface area contributed by atoms with Crippen LogP contribution in [0.15, 0.2) is 215 Å². The Kier molecular flexibility index (Phi) is 25.1. The van der Waals surface area contributed by atoms with Crippen molar-refractivity contribution in [3.8, 4) is 41.2 Å². The Morgan fingerprint density at radius 3 is 1.45 bits per heavy atom. The average Bonchev–Trinajstić information content (AvgIpc) is 1.57. The summed E-state index contributed by atoms with van der Waals surface area (Å²) < 4.78 is 236. The zero-order chi connectivity index (χ0) is 80.1. The van der Waals surface area contributed by atoms with Gasteiger partial charge in [0.15, 0.2) is 57.9 Å². The van der Waals surface area contributed by atoms with Crippen LogP contribution >= 0.6 is 0 Å². The first-order valence-corrected chi connectivity index (χ1v) is 33.2. The van der Waals surface area contributed by atoms with E-state index in [0.29, 0.717) is 28.9 Å². The van der Waals surface area contributed by atoms with Gasteiger partial charge in [-0.25, -0.2) is 63.1 Å². The zero-order valence-electron chi connectivity index (χ0n) is 58.3. The van der Waals surface area contributed by atoms with Crippen LogP contribution in [0.3, 0.4) is 0 Å². The maximum atomic E-state index is 15.8. The SMILES string of the molecule is CCN(CCOC(=O)c1cc(OC(=O)c2ccccc2)cc(OC(=O)c2ccccc2)c1)c1ccc(/C=C/C2=C(OCCOC(=O)c3cc(OCc4c(F)c(F)c(F)c(F)c4F)cc(OCc4c(F)c(F)c(F)c(F)c4F)c3)C(=C/C=C/C3=C(C#N)C(=C(C#N)C#N)OC3(c3ccccc3)C(F)(F)F)/CC(C)(C)C2)cc1. The van der Waals surface area contributed by atoms with Gasteiger partial charge in [-0.3, -0.25) is 0 Å². The molecule has 0 radical (unpaired) electrons. The summed E-state index contributed by atoms with van der Waals surface area (Å²) in [7, 11) is 0. The third-order valence-electron chi connectivity index (χ3n) is 17.1. The quantitative estimate of drug-likeness (QED) is 0.00936. The van der Waals surface area contributed by atoms with Gasteiger partial charge in [0.25, 0.3) is 5.60 Å². The molecule has 8 aromatic carbocycles. The molecule has 8 aromatic rings. The van der Waals surface area contributed by atoms with Crippen LogP contribution in [0.25, 0.3) is 6.08 Å². The first-order chi connectivity index (χ1) is 53.0. The van der Waals surface area contributed by atoms with Crippen molar-refractivity contribution in [1.82, 2.24) is 0 Å². The molecule has 1 heterocycles. The minimum absolute atomic E-state index is 0.0745. The number of carbonyl (C=O) groups is 4. The minimum Gasteiger partial charge on any atom is -0.489 e. The van der Waals surface area contributed by atoms with E-state index in [0.717, 1.165) is 36.4 Å². The van der Waals surface area contributed by atoms with Gasteiger partial charge >= 0.3 is 30.1 Å². The number of alkyl halides is 3. The molecule has 0 spiro atoms. The van der Waals surface area contributed by atoms with E-state index in [1.54, 1.807) is 78.9 Å². The fourth-order valence-electron chi connectivity index (χ4n) is 11.8. The van der Waals surface area contributed by atoms with Crippen LogP contribution in [0.2, 0.25) is 0 Å². The number of likely N-dealkylation sites (N-methyl/N-ethyl adjacent to an activating group) is 1. The van der Waals surface area contributed by atoms with E-state index in [1.807, 2.05) is 25.7 Å². The molecule has 10 rings (SSSR count). The molecule has 568 valence electrons. The molecule has 0 fully saturated rings. The van der Waals surface area contributed by atoms with Crippen LogP contribution in [0.1, 0.15) is 97.3 Å². The molecule has 0 bridgehead atoms. The first kappa shape index (κ1) is 80.2. The van der Waals surface area contributed by atoms with Crippen molar-refractivity contribution in [2.45, 2.75) is 58.6 Å². The lowest BCUT2D eigenvalue weighted by Gasteiger charge is -2.34. The van der Waals surface area contributed by atoms with Crippen molar-refractivity contribution in [2.24, 2.45) is 5.41 Å². The number of nitriles is 3. The maximum Gasteiger partial charge on any atom is 0.437 e. The number of carbonyl (C=O) groups excluding carboxylic acids is 4. The van der Waals surface area contributed by atoms with E-state index in [2.05, 4.69) is 0 Å². The van der Waals surface area contributed by atoms with E-state index in [4.69, 9.17) is 37.9 Å². The van der Waals surface area contributed by atoms with Crippen LogP contribution < -0.4 is 23.8 Å². The van der Waals surface area contributed by atoms with E-state index < -0.39 is 182 Å². The van der Waals surface area contributed by atoms with Crippen LogP contribution in [-0.4, -0.2) is 63.0 Å². The van der Waals surface area contributed by atoms with E-state index in [9.17, 15) is 78.9 Å². The Balaban J connectivity index is 0.933. The largest absolute Gasteiger partial charge is 0.489 e. The number of rotatable bonds is 26. The molecule has 29 heteroatoms. The predicted octanol–water partition coefficient (Wildman–Crippen LogP) is 18.4. The topological polar surface area (TPSA) is 217 Å². The zero-order valence-corrected chi connectivity index (χ0v) is 58.3. The number of allylic oxidation sites excluding steroid dienone is 7. The maximum absolute atomic E-state index is 15.8. The second kappa shape index (κ2) is 34.7. The van der Waals surface area contributed by atoms with E-state index in [-0.39, 0.29) is 59.9 Å². The van der Waals surface area contributed by atoms with E-state index in [1.165, 1.54) is 85.0 Å². The summed E-state index contributed by atoms with van der Waals surface area (Å²) in [4.78, 5) is 55.7. The minimum atomic E-state index is -5.36. The average molecular weight is 1540 g/mol. The Morgan fingerprint density at radius 1 is 0.523 bits per heavy atom.